The van der Waals surface area contributed by atoms with Crippen LogP contribution in [0.2, 0.25) is 0 Å². The van der Waals surface area contributed by atoms with Gasteiger partial charge >= 0.3 is 0 Å². The zero-order valence-corrected chi connectivity index (χ0v) is 17.6. The van der Waals surface area contributed by atoms with Gasteiger partial charge in [-0.1, -0.05) is 62.4 Å². The highest BCUT2D eigenvalue weighted by Gasteiger charge is 2.27. The number of para-hydroxylation sites is 1. The molecule has 0 atom stereocenters. The van der Waals surface area contributed by atoms with Crippen LogP contribution in [0.3, 0.4) is 0 Å². The van der Waals surface area contributed by atoms with Crippen LogP contribution in [0, 0.1) is 5.92 Å². The van der Waals surface area contributed by atoms with Crippen molar-refractivity contribution in [1.82, 2.24) is 4.90 Å². The maximum Gasteiger partial charge on any atom is 0.227 e. The average molecular weight is 393 g/mol. The smallest absolute Gasteiger partial charge is 0.227 e. The molecular formula is C25H32N2O2. The fourth-order valence-electron chi connectivity index (χ4n) is 4.07. The highest BCUT2D eigenvalue weighted by atomic mass is 16.2. The maximum atomic E-state index is 12.9. The summed E-state index contributed by atoms with van der Waals surface area (Å²) in [5, 5.41) is 3.20. The predicted octanol–water partition coefficient (Wildman–Crippen LogP) is 4.62. The monoisotopic (exact) mass is 392 g/mol. The summed E-state index contributed by atoms with van der Waals surface area (Å²) in [6.07, 6.45) is 4.57. The number of carbonyl (C=O) groups excluding carboxylic acids is 2. The van der Waals surface area contributed by atoms with E-state index < -0.39 is 0 Å². The topological polar surface area (TPSA) is 49.4 Å². The lowest BCUT2D eigenvalue weighted by atomic mass is 9.94. The molecule has 0 saturated carbocycles. The van der Waals surface area contributed by atoms with Crippen LogP contribution in [0.15, 0.2) is 48.5 Å². The van der Waals surface area contributed by atoms with Crippen LogP contribution in [0.5, 0.6) is 0 Å². The number of amides is 2. The summed E-state index contributed by atoms with van der Waals surface area (Å²) in [4.78, 5) is 27.3. The number of likely N-dealkylation sites (tertiary alicyclic amines) is 1. The van der Waals surface area contributed by atoms with Crippen molar-refractivity contribution in [2.24, 2.45) is 5.92 Å². The predicted molar refractivity (Wildman–Crippen MR) is 118 cm³/mol. The molecule has 4 heteroatoms. The molecule has 1 aliphatic rings. The molecule has 0 spiro atoms. The third kappa shape index (κ3) is 5.47. The molecule has 2 aromatic carbocycles. The fraction of sp³-hybridized carbons (Fsp3) is 0.440. The minimum atomic E-state index is -0.0252. The molecule has 0 unspecified atom stereocenters. The second kappa shape index (κ2) is 10.2. The van der Waals surface area contributed by atoms with Crippen molar-refractivity contribution in [3.8, 4) is 0 Å². The van der Waals surface area contributed by atoms with Gasteiger partial charge in [0.1, 0.15) is 0 Å². The van der Waals surface area contributed by atoms with Gasteiger partial charge in [0.2, 0.25) is 11.8 Å². The molecule has 0 radical (unpaired) electrons. The van der Waals surface area contributed by atoms with Crippen molar-refractivity contribution >= 4 is 17.5 Å². The number of benzene rings is 2. The minimum absolute atomic E-state index is 0.0252. The summed E-state index contributed by atoms with van der Waals surface area (Å²) in [5.74, 6) is 0.261. The van der Waals surface area contributed by atoms with E-state index in [0.29, 0.717) is 19.5 Å². The Morgan fingerprint density at radius 1 is 0.931 bits per heavy atom. The van der Waals surface area contributed by atoms with Gasteiger partial charge in [-0.2, -0.15) is 0 Å². The van der Waals surface area contributed by atoms with Gasteiger partial charge < -0.3 is 10.2 Å². The minimum Gasteiger partial charge on any atom is -0.343 e. The fourth-order valence-corrected chi connectivity index (χ4v) is 4.07. The Morgan fingerprint density at radius 2 is 1.55 bits per heavy atom. The van der Waals surface area contributed by atoms with Crippen LogP contribution < -0.4 is 5.32 Å². The number of nitrogens with one attached hydrogen (secondary N) is 1. The number of hydrogen-bond donors (Lipinski definition) is 1. The highest BCUT2D eigenvalue weighted by Crippen LogP contribution is 2.25. The van der Waals surface area contributed by atoms with Gasteiger partial charge in [0.25, 0.3) is 0 Å². The lowest BCUT2D eigenvalue weighted by molar-refractivity contribution is -0.134. The van der Waals surface area contributed by atoms with E-state index in [0.717, 1.165) is 37.8 Å². The number of hydrogen-bond acceptors (Lipinski definition) is 2. The second-order valence-electron chi connectivity index (χ2n) is 7.79. The average Bonchev–Trinajstić information content (AvgIpc) is 2.78. The molecule has 1 N–H and O–H groups in total. The molecule has 154 valence electrons. The Bertz CT molecular complexity index is 802. The molecule has 2 aromatic rings. The summed E-state index contributed by atoms with van der Waals surface area (Å²) in [6, 6.07) is 16.3. The first kappa shape index (κ1) is 21.1. The molecule has 0 aromatic heterocycles. The quantitative estimate of drug-likeness (QED) is 0.747. The first-order chi connectivity index (χ1) is 14.1. The van der Waals surface area contributed by atoms with Gasteiger partial charge in [0, 0.05) is 31.1 Å². The zero-order chi connectivity index (χ0) is 20.6. The van der Waals surface area contributed by atoms with E-state index in [1.54, 1.807) is 0 Å². The third-order valence-corrected chi connectivity index (χ3v) is 5.94. The van der Waals surface area contributed by atoms with Gasteiger partial charge in [0.05, 0.1) is 0 Å². The summed E-state index contributed by atoms with van der Waals surface area (Å²) in [6.45, 7) is 5.57. The summed E-state index contributed by atoms with van der Waals surface area (Å²) in [7, 11) is 0. The van der Waals surface area contributed by atoms with Gasteiger partial charge in [0.15, 0.2) is 0 Å². The first-order valence-corrected chi connectivity index (χ1v) is 10.9. The van der Waals surface area contributed by atoms with E-state index in [1.807, 2.05) is 23.1 Å². The van der Waals surface area contributed by atoms with E-state index in [2.05, 4.69) is 49.5 Å². The molecule has 0 aliphatic carbocycles. The SMILES string of the molecule is CCc1cccc(CC)c1NC(=O)C1CCN(C(=O)CCc2ccccc2)CC1. The molecular weight excluding hydrogens is 360 g/mol. The van der Waals surface area contributed by atoms with Crippen LogP contribution in [-0.4, -0.2) is 29.8 Å². The molecule has 1 aliphatic heterocycles. The van der Waals surface area contributed by atoms with E-state index in [-0.39, 0.29) is 17.7 Å². The number of rotatable bonds is 7. The van der Waals surface area contributed by atoms with Crippen molar-refractivity contribution in [3.05, 3.63) is 65.2 Å². The summed E-state index contributed by atoms with van der Waals surface area (Å²) in [5.41, 5.74) is 4.55. The maximum absolute atomic E-state index is 12.9. The molecule has 3 rings (SSSR count). The van der Waals surface area contributed by atoms with E-state index in [1.165, 1.54) is 16.7 Å². The van der Waals surface area contributed by atoms with Crippen molar-refractivity contribution in [3.63, 3.8) is 0 Å². The Hall–Kier alpha value is -2.62. The normalized spacial score (nSPS) is 14.6. The Labute approximate surface area is 174 Å². The molecule has 1 fully saturated rings. The second-order valence-corrected chi connectivity index (χ2v) is 7.79. The van der Waals surface area contributed by atoms with Crippen LogP contribution >= 0.6 is 0 Å². The standard InChI is InChI=1S/C25H32N2O2/c1-3-20-11-8-12-21(4-2)24(20)26-25(29)22-15-17-27(18-16-22)23(28)14-13-19-9-6-5-7-10-19/h5-12,22H,3-4,13-18H2,1-2H3,(H,26,29). The van der Waals surface area contributed by atoms with Crippen LogP contribution in [0.4, 0.5) is 5.69 Å². The number of carbonyl (C=O) groups is 2. The van der Waals surface area contributed by atoms with Crippen molar-refractivity contribution in [2.45, 2.75) is 52.4 Å². The molecule has 1 saturated heterocycles. The molecule has 2 amide bonds. The molecule has 29 heavy (non-hydrogen) atoms. The lowest BCUT2D eigenvalue weighted by Gasteiger charge is -2.31. The summed E-state index contributed by atoms with van der Waals surface area (Å²) >= 11 is 0. The number of piperidine rings is 1. The van der Waals surface area contributed by atoms with Crippen molar-refractivity contribution < 1.29 is 9.59 Å². The van der Waals surface area contributed by atoms with Crippen LogP contribution in [0.25, 0.3) is 0 Å². The number of nitrogens with zero attached hydrogens (tertiary/aromatic N) is 1. The molecule has 1 heterocycles. The van der Waals surface area contributed by atoms with Crippen LogP contribution in [0.1, 0.15) is 49.8 Å². The van der Waals surface area contributed by atoms with Crippen molar-refractivity contribution in [2.75, 3.05) is 18.4 Å². The van der Waals surface area contributed by atoms with Gasteiger partial charge in [-0.05, 0) is 48.8 Å². The largest absolute Gasteiger partial charge is 0.343 e. The van der Waals surface area contributed by atoms with Crippen LogP contribution in [-0.2, 0) is 28.9 Å². The number of aryl methyl sites for hydroxylation is 3. The third-order valence-electron chi connectivity index (χ3n) is 5.94. The van der Waals surface area contributed by atoms with E-state index in [4.69, 9.17) is 0 Å². The Morgan fingerprint density at radius 3 is 2.14 bits per heavy atom. The zero-order valence-electron chi connectivity index (χ0n) is 17.6. The van der Waals surface area contributed by atoms with Gasteiger partial charge in [-0.15, -0.1) is 0 Å². The lowest BCUT2D eigenvalue weighted by Crippen LogP contribution is -2.41. The highest BCUT2D eigenvalue weighted by molar-refractivity contribution is 5.94. The Balaban J connectivity index is 1.51. The van der Waals surface area contributed by atoms with Gasteiger partial charge in [-0.25, -0.2) is 0 Å². The summed E-state index contributed by atoms with van der Waals surface area (Å²) < 4.78 is 0. The van der Waals surface area contributed by atoms with Crippen molar-refractivity contribution in [1.29, 1.82) is 0 Å². The van der Waals surface area contributed by atoms with E-state index >= 15 is 0 Å². The molecule has 4 nitrogen and oxygen atoms in total. The first-order valence-electron chi connectivity index (χ1n) is 10.9. The Kier molecular flexibility index (Phi) is 7.45. The number of anilines is 1. The van der Waals surface area contributed by atoms with E-state index in [9.17, 15) is 9.59 Å². The molecule has 0 bridgehead atoms. The van der Waals surface area contributed by atoms with Gasteiger partial charge in [-0.3, -0.25) is 9.59 Å².